The molecule has 50 heavy (non-hydrogen) atoms. The van der Waals surface area contributed by atoms with E-state index in [4.69, 9.17) is 19.7 Å². The summed E-state index contributed by atoms with van der Waals surface area (Å²) in [7, 11) is 0. The van der Waals surface area contributed by atoms with E-state index in [0.717, 1.165) is 33.9 Å². The van der Waals surface area contributed by atoms with Crippen molar-refractivity contribution < 1.29 is 0 Å². The fourth-order valence-electron chi connectivity index (χ4n) is 5.47. The van der Waals surface area contributed by atoms with Gasteiger partial charge in [0.2, 0.25) is 5.70 Å². The fourth-order valence-corrected chi connectivity index (χ4v) is 5.47. The van der Waals surface area contributed by atoms with Gasteiger partial charge in [0, 0.05) is 35.8 Å². The first-order valence-corrected chi connectivity index (χ1v) is 15.3. The smallest absolute Gasteiger partial charge is 0.279 e. The van der Waals surface area contributed by atoms with Gasteiger partial charge < -0.3 is 9.80 Å². The Balaban J connectivity index is 1.53. The van der Waals surface area contributed by atoms with Gasteiger partial charge in [0.25, 0.3) is 11.4 Å². The van der Waals surface area contributed by atoms with Crippen molar-refractivity contribution in [3.8, 4) is 18.2 Å². The first-order valence-electron chi connectivity index (χ1n) is 15.3. The molecule has 0 saturated heterocycles. The predicted molar refractivity (Wildman–Crippen MR) is 194 cm³/mol. The van der Waals surface area contributed by atoms with E-state index in [1.165, 1.54) is 0 Å². The molecule has 234 valence electrons. The lowest BCUT2D eigenvalue weighted by atomic mass is 10.0. The second kappa shape index (κ2) is 16.1. The number of allylic oxidation sites excluding steroid dienone is 3. The third-order valence-corrected chi connectivity index (χ3v) is 7.95. The highest BCUT2D eigenvalue weighted by atomic mass is 15.1. The van der Waals surface area contributed by atoms with Crippen LogP contribution in [0.5, 0.6) is 0 Å². The van der Waals surface area contributed by atoms with Crippen molar-refractivity contribution in [3.63, 3.8) is 0 Å². The molecular formula is C42H26N8. The molecule has 0 atom stereocenters. The van der Waals surface area contributed by atoms with Crippen LogP contribution in [0.25, 0.3) is 25.8 Å². The second-order valence-electron chi connectivity index (χ2n) is 10.8. The minimum Gasteiger partial charge on any atom is -0.337 e. The summed E-state index contributed by atoms with van der Waals surface area (Å²) in [5, 5.41) is 28.4. The van der Waals surface area contributed by atoms with Crippen molar-refractivity contribution in [1.29, 1.82) is 15.8 Å². The van der Waals surface area contributed by atoms with Crippen LogP contribution < -0.4 is 9.80 Å². The highest BCUT2D eigenvalue weighted by Gasteiger charge is 2.18. The number of para-hydroxylation sites is 2. The zero-order valence-corrected chi connectivity index (χ0v) is 26.7. The predicted octanol–water partition coefficient (Wildman–Crippen LogP) is 10.1. The van der Waals surface area contributed by atoms with Gasteiger partial charge in [-0.2, -0.15) is 5.26 Å². The lowest BCUT2D eigenvalue weighted by Gasteiger charge is -2.29. The first-order chi connectivity index (χ1) is 24.5. The maximum Gasteiger partial charge on any atom is 0.279 e. The van der Waals surface area contributed by atoms with Crippen LogP contribution in [0, 0.1) is 53.7 Å². The first kappa shape index (κ1) is 33.5. The molecule has 0 spiro atoms. The minimum atomic E-state index is -0.245. The van der Waals surface area contributed by atoms with E-state index in [9.17, 15) is 15.8 Å². The van der Waals surface area contributed by atoms with Crippen LogP contribution in [0.15, 0.2) is 145 Å². The Kier molecular flexibility index (Phi) is 10.8. The average Bonchev–Trinajstić information content (AvgIpc) is 3.18. The van der Waals surface area contributed by atoms with Crippen LogP contribution in [0.1, 0.15) is 22.3 Å². The van der Waals surface area contributed by atoms with E-state index in [-0.39, 0.29) is 22.7 Å². The molecule has 5 rings (SSSR count). The second-order valence-corrected chi connectivity index (χ2v) is 10.8. The maximum atomic E-state index is 9.67. The summed E-state index contributed by atoms with van der Waals surface area (Å²) < 4.78 is 0. The lowest BCUT2D eigenvalue weighted by molar-refractivity contribution is 0.909. The number of nitriles is 3. The number of hydrogen-bond acceptors (Lipinski definition) is 5. The van der Waals surface area contributed by atoms with Crippen molar-refractivity contribution in [2.24, 2.45) is 0 Å². The summed E-state index contributed by atoms with van der Waals surface area (Å²) in [6.07, 6.45) is 0. The largest absolute Gasteiger partial charge is 0.337 e. The van der Waals surface area contributed by atoms with Crippen molar-refractivity contribution in [2.45, 2.75) is 13.1 Å². The maximum absolute atomic E-state index is 9.67. The minimum absolute atomic E-state index is 0.0245. The fraction of sp³-hybridized carbons (Fsp3) is 0.0476. The van der Waals surface area contributed by atoms with Crippen LogP contribution in [0.4, 0.5) is 22.7 Å². The molecule has 0 amide bonds. The Morgan fingerprint density at radius 1 is 0.460 bits per heavy atom. The van der Waals surface area contributed by atoms with Gasteiger partial charge in [0.15, 0.2) is 0 Å². The van der Waals surface area contributed by atoms with Gasteiger partial charge in [0.1, 0.15) is 0 Å². The monoisotopic (exact) mass is 642 g/mol. The summed E-state index contributed by atoms with van der Waals surface area (Å²) in [5.74, 6) is 0. The highest BCUT2D eigenvalue weighted by molar-refractivity contribution is 5.84. The molecule has 0 saturated carbocycles. The molecule has 0 heterocycles. The summed E-state index contributed by atoms with van der Waals surface area (Å²) in [6, 6.07) is 48.4. The van der Waals surface area contributed by atoms with Gasteiger partial charge in [-0.1, -0.05) is 84.9 Å². The van der Waals surface area contributed by atoms with Crippen molar-refractivity contribution in [2.75, 3.05) is 9.80 Å². The highest BCUT2D eigenvalue weighted by Crippen LogP contribution is 2.33. The van der Waals surface area contributed by atoms with Gasteiger partial charge in [0.05, 0.1) is 43.5 Å². The number of rotatable bonds is 10. The number of anilines is 4. The van der Waals surface area contributed by atoms with Gasteiger partial charge in [-0.05, 0) is 70.8 Å². The zero-order valence-electron chi connectivity index (χ0n) is 26.7. The molecule has 0 bridgehead atoms. The zero-order chi connectivity index (χ0) is 35.3. The third kappa shape index (κ3) is 7.39. The van der Waals surface area contributed by atoms with E-state index in [0.29, 0.717) is 24.2 Å². The Bertz CT molecular complexity index is 2120. The van der Waals surface area contributed by atoms with Gasteiger partial charge in [-0.25, -0.2) is 25.1 Å². The normalized spacial score (nSPS) is 11.1. The summed E-state index contributed by atoms with van der Waals surface area (Å²) in [5.41, 5.74) is 6.38. The Hall–Kier alpha value is -7.88. The van der Waals surface area contributed by atoms with Crippen LogP contribution in [-0.2, 0) is 13.1 Å². The van der Waals surface area contributed by atoms with Crippen molar-refractivity contribution in [1.82, 2.24) is 0 Å². The summed E-state index contributed by atoms with van der Waals surface area (Å²) in [4.78, 5) is 14.2. The molecule has 0 aliphatic rings. The van der Waals surface area contributed by atoms with Crippen LogP contribution in [0.2, 0.25) is 0 Å². The topological polar surface area (TPSA) is 90.9 Å². The van der Waals surface area contributed by atoms with Crippen molar-refractivity contribution >= 4 is 34.0 Å². The Morgan fingerprint density at radius 2 is 0.860 bits per heavy atom. The summed E-state index contributed by atoms with van der Waals surface area (Å²) >= 11 is 0. The number of hydrogen-bond donors (Lipinski definition) is 0. The van der Waals surface area contributed by atoms with Crippen LogP contribution in [0.3, 0.4) is 0 Å². The van der Waals surface area contributed by atoms with Crippen molar-refractivity contribution in [3.05, 3.63) is 201 Å². The molecule has 8 nitrogen and oxygen atoms in total. The molecular weight excluding hydrogens is 617 g/mol. The molecule has 0 aromatic heterocycles. The van der Waals surface area contributed by atoms with E-state index in [2.05, 4.69) is 36.5 Å². The molecule has 0 unspecified atom stereocenters. The lowest BCUT2D eigenvalue weighted by Crippen LogP contribution is -2.21. The molecule has 0 radical (unpaired) electrons. The van der Waals surface area contributed by atoms with E-state index < -0.39 is 0 Å². The molecule has 5 aromatic carbocycles. The molecule has 0 aliphatic carbocycles. The Morgan fingerprint density at radius 3 is 1.24 bits per heavy atom. The standard InChI is InChI=1S/C42H26N8/c1-46-40(27-44)39(26-43)31-18-22-37(23-19-31)49(35-14-6-4-7-15-35)29-33-12-10-11-13-34(33)30-50(36-16-8-5-9-17-36)38-24-20-32(21-25-38)42(48-3)41(28-45)47-2/h4-25H,29-30H2/b40-39-,42-41-. The number of benzene rings is 5. The SMILES string of the molecule is [C-]#[N+]/C(C#N)=C(\[N+]#[C-])c1ccc(N(Cc2ccccc2CN(c2ccccc2)c2ccc(/C(C#N)=C(/C#N)[N+]#[C-])cc2)c2ccccc2)cc1. The van der Waals surface area contributed by atoms with Gasteiger partial charge in [-0.15, -0.1) is 0 Å². The van der Waals surface area contributed by atoms with E-state index in [1.807, 2.05) is 115 Å². The Labute approximate surface area is 291 Å². The average molecular weight is 643 g/mol. The molecule has 5 aromatic rings. The van der Waals surface area contributed by atoms with Gasteiger partial charge >= 0.3 is 0 Å². The van der Waals surface area contributed by atoms with Crippen LogP contribution in [-0.4, -0.2) is 0 Å². The third-order valence-electron chi connectivity index (χ3n) is 7.95. The van der Waals surface area contributed by atoms with E-state index in [1.54, 1.807) is 24.3 Å². The van der Waals surface area contributed by atoms with Crippen LogP contribution >= 0.6 is 0 Å². The quantitative estimate of drug-likeness (QED) is 0.112. The number of nitrogens with zero attached hydrogens (tertiary/aromatic N) is 8. The molecule has 0 N–H and O–H groups in total. The molecule has 8 heteroatoms. The molecule has 0 fully saturated rings. The summed E-state index contributed by atoms with van der Waals surface area (Å²) in [6.45, 7) is 23.2. The molecule has 0 aliphatic heterocycles. The van der Waals surface area contributed by atoms with E-state index >= 15 is 0 Å². The van der Waals surface area contributed by atoms with Gasteiger partial charge in [-0.3, -0.25) is 0 Å².